The molecule has 26 heavy (non-hydrogen) atoms. The van der Waals surface area contributed by atoms with Crippen LogP contribution < -0.4 is 5.32 Å². The van der Waals surface area contributed by atoms with E-state index in [4.69, 9.17) is 4.74 Å². The largest absolute Gasteiger partial charge is 0.371 e. The number of nitrogens with one attached hydrogen (secondary N) is 2. The third-order valence-corrected chi connectivity index (χ3v) is 5.09. The van der Waals surface area contributed by atoms with Crippen molar-refractivity contribution < 1.29 is 14.3 Å². The molecule has 2 N–H and O–H groups in total. The molecule has 0 spiro atoms. The Kier molecular flexibility index (Phi) is 5.57. The number of ketones is 1. The van der Waals surface area contributed by atoms with E-state index in [1.54, 1.807) is 0 Å². The second kappa shape index (κ2) is 7.87. The Morgan fingerprint density at radius 1 is 1.19 bits per heavy atom. The standard InChI is InChI=1S/C21H26N2O3/c1-13-19(14(2)22-20(13)15(3)24)21(25)23-17-10-7-11-18(17)26-12-16-8-5-4-6-9-16/h4-6,8-9,17-18,22H,7,10-12H2,1-3H3,(H,23,25)/t17-,18-/m1/s1. The maximum absolute atomic E-state index is 12.8. The van der Waals surface area contributed by atoms with Crippen LogP contribution in [0.3, 0.4) is 0 Å². The van der Waals surface area contributed by atoms with E-state index in [1.807, 2.05) is 44.2 Å². The minimum atomic E-state index is -0.135. The number of H-pyrrole nitrogens is 1. The Morgan fingerprint density at radius 3 is 2.58 bits per heavy atom. The van der Waals surface area contributed by atoms with Crippen molar-refractivity contribution >= 4 is 11.7 Å². The van der Waals surface area contributed by atoms with Crippen molar-refractivity contribution in [3.8, 4) is 0 Å². The molecule has 5 heteroatoms. The van der Waals surface area contributed by atoms with Crippen LogP contribution in [0.25, 0.3) is 0 Å². The quantitative estimate of drug-likeness (QED) is 0.777. The molecule has 1 saturated carbocycles. The van der Waals surface area contributed by atoms with Crippen LogP contribution >= 0.6 is 0 Å². The highest BCUT2D eigenvalue weighted by Gasteiger charge is 2.31. The molecule has 0 aliphatic heterocycles. The van der Waals surface area contributed by atoms with Gasteiger partial charge in [0.2, 0.25) is 0 Å². The fourth-order valence-corrected chi connectivity index (χ4v) is 3.75. The van der Waals surface area contributed by atoms with Gasteiger partial charge in [-0.3, -0.25) is 9.59 Å². The van der Waals surface area contributed by atoms with E-state index < -0.39 is 0 Å². The first-order chi connectivity index (χ1) is 12.5. The number of amides is 1. The Hall–Kier alpha value is -2.40. The zero-order chi connectivity index (χ0) is 18.7. The number of aromatic amines is 1. The predicted molar refractivity (Wildman–Crippen MR) is 100 cm³/mol. The third-order valence-electron chi connectivity index (χ3n) is 5.09. The maximum atomic E-state index is 12.8. The molecular weight excluding hydrogens is 328 g/mol. The van der Waals surface area contributed by atoms with Gasteiger partial charge in [0.15, 0.2) is 5.78 Å². The molecule has 1 aromatic carbocycles. The summed E-state index contributed by atoms with van der Waals surface area (Å²) in [7, 11) is 0. The van der Waals surface area contributed by atoms with Crippen LogP contribution in [-0.4, -0.2) is 28.8 Å². The number of rotatable bonds is 6. The van der Waals surface area contributed by atoms with Gasteiger partial charge in [0.1, 0.15) is 0 Å². The average molecular weight is 354 g/mol. The highest BCUT2D eigenvalue weighted by atomic mass is 16.5. The lowest BCUT2D eigenvalue weighted by Crippen LogP contribution is -2.41. The highest BCUT2D eigenvalue weighted by molar-refractivity contribution is 6.02. The lowest BCUT2D eigenvalue weighted by atomic mass is 10.1. The van der Waals surface area contributed by atoms with Gasteiger partial charge in [-0.25, -0.2) is 0 Å². The van der Waals surface area contributed by atoms with Crippen molar-refractivity contribution in [1.82, 2.24) is 10.3 Å². The average Bonchev–Trinajstić information content (AvgIpc) is 3.17. The molecule has 1 fully saturated rings. The zero-order valence-electron chi connectivity index (χ0n) is 15.6. The van der Waals surface area contributed by atoms with Crippen molar-refractivity contribution in [3.05, 3.63) is 58.4 Å². The molecule has 0 radical (unpaired) electrons. The lowest BCUT2D eigenvalue weighted by molar-refractivity contribution is 0.0272. The smallest absolute Gasteiger partial charge is 0.253 e. The van der Waals surface area contributed by atoms with E-state index in [2.05, 4.69) is 10.3 Å². The van der Waals surface area contributed by atoms with Gasteiger partial charge in [0.05, 0.1) is 30.0 Å². The van der Waals surface area contributed by atoms with Crippen LogP contribution in [0.4, 0.5) is 0 Å². The summed E-state index contributed by atoms with van der Waals surface area (Å²) in [6.07, 6.45) is 2.91. The van der Waals surface area contributed by atoms with Crippen molar-refractivity contribution in [3.63, 3.8) is 0 Å². The second-order valence-corrected chi connectivity index (χ2v) is 7.03. The van der Waals surface area contributed by atoms with Gasteiger partial charge in [0, 0.05) is 12.6 Å². The van der Waals surface area contributed by atoms with Crippen molar-refractivity contribution in [1.29, 1.82) is 0 Å². The summed E-state index contributed by atoms with van der Waals surface area (Å²) in [5, 5.41) is 3.12. The summed E-state index contributed by atoms with van der Waals surface area (Å²) in [6, 6.07) is 10.1. The van der Waals surface area contributed by atoms with E-state index in [-0.39, 0.29) is 23.8 Å². The normalized spacial score (nSPS) is 19.5. The summed E-state index contributed by atoms with van der Waals surface area (Å²) in [5.74, 6) is -0.196. The van der Waals surface area contributed by atoms with Gasteiger partial charge in [-0.15, -0.1) is 0 Å². The van der Waals surface area contributed by atoms with Gasteiger partial charge in [-0.2, -0.15) is 0 Å². The molecule has 0 saturated heterocycles. The second-order valence-electron chi connectivity index (χ2n) is 7.03. The summed E-state index contributed by atoms with van der Waals surface area (Å²) in [5.41, 5.74) is 3.66. The SMILES string of the molecule is CC(=O)c1[nH]c(C)c(C(=O)N[C@@H]2CCC[C@H]2OCc2ccccc2)c1C. The van der Waals surface area contributed by atoms with E-state index in [9.17, 15) is 9.59 Å². The molecule has 1 aliphatic carbocycles. The van der Waals surface area contributed by atoms with Crippen LogP contribution in [0.2, 0.25) is 0 Å². The number of aromatic nitrogens is 1. The van der Waals surface area contributed by atoms with E-state index >= 15 is 0 Å². The minimum Gasteiger partial charge on any atom is -0.371 e. The number of aryl methyl sites for hydroxylation is 1. The molecule has 1 aromatic heterocycles. The molecule has 1 aliphatic rings. The van der Waals surface area contributed by atoms with Crippen LogP contribution in [0.1, 0.15) is 63.9 Å². The third kappa shape index (κ3) is 3.88. The Morgan fingerprint density at radius 2 is 1.92 bits per heavy atom. The van der Waals surface area contributed by atoms with Gasteiger partial charge >= 0.3 is 0 Å². The molecule has 1 heterocycles. The van der Waals surface area contributed by atoms with Gasteiger partial charge < -0.3 is 15.0 Å². The number of carbonyl (C=O) groups is 2. The molecule has 138 valence electrons. The fourth-order valence-electron chi connectivity index (χ4n) is 3.75. The zero-order valence-corrected chi connectivity index (χ0v) is 15.6. The Bertz CT molecular complexity index is 795. The summed E-state index contributed by atoms with van der Waals surface area (Å²) in [4.78, 5) is 27.5. The molecule has 0 unspecified atom stereocenters. The molecule has 2 aromatic rings. The van der Waals surface area contributed by atoms with E-state index in [1.165, 1.54) is 6.92 Å². The van der Waals surface area contributed by atoms with Gasteiger partial charge in [-0.1, -0.05) is 30.3 Å². The van der Waals surface area contributed by atoms with Crippen molar-refractivity contribution in [2.75, 3.05) is 0 Å². The fraction of sp³-hybridized carbons (Fsp3) is 0.429. The summed E-state index contributed by atoms with van der Waals surface area (Å²) >= 11 is 0. The van der Waals surface area contributed by atoms with Crippen LogP contribution in [0, 0.1) is 13.8 Å². The van der Waals surface area contributed by atoms with E-state index in [0.29, 0.717) is 23.4 Å². The number of Topliss-reactive ketones (excluding diaryl/α,β-unsaturated/α-hetero) is 1. The molecule has 0 bridgehead atoms. The summed E-state index contributed by atoms with van der Waals surface area (Å²) in [6.45, 7) is 5.69. The van der Waals surface area contributed by atoms with E-state index in [0.717, 1.165) is 30.5 Å². The first-order valence-corrected chi connectivity index (χ1v) is 9.14. The predicted octanol–water partition coefficient (Wildman–Crippen LogP) is 3.70. The summed E-state index contributed by atoms with van der Waals surface area (Å²) < 4.78 is 6.07. The Balaban J connectivity index is 1.66. The van der Waals surface area contributed by atoms with Crippen LogP contribution in [0.5, 0.6) is 0 Å². The number of hydrogen-bond acceptors (Lipinski definition) is 3. The van der Waals surface area contributed by atoms with Gasteiger partial charge in [0.25, 0.3) is 5.91 Å². The van der Waals surface area contributed by atoms with Gasteiger partial charge in [-0.05, 0) is 44.2 Å². The Labute approximate surface area is 154 Å². The molecule has 2 atom stereocenters. The van der Waals surface area contributed by atoms with Crippen molar-refractivity contribution in [2.45, 2.75) is 58.8 Å². The highest BCUT2D eigenvalue weighted by Crippen LogP contribution is 2.25. The molecular formula is C21H26N2O3. The maximum Gasteiger partial charge on any atom is 0.253 e. The van der Waals surface area contributed by atoms with Crippen molar-refractivity contribution in [2.24, 2.45) is 0 Å². The molecule has 1 amide bonds. The lowest BCUT2D eigenvalue weighted by Gasteiger charge is -2.22. The topological polar surface area (TPSA) is 71.2 Å². The number of benzene rings is 1. The first-order valence-electron chi connectivity index (χ1n) is 9.14. The molecule has 3 rings (SSSR count). The number of hydrogen-bond donors (Lipinski definition) is 2. The monoisotopic (exact) mass is 354 g/mol. The van der Waals surface area contributed by atoms with Crippen LogP contribution in [0.15, 0.2) is 30.3 Å². The minimum absolute atomic E-state index is 0.000639. The molecule has 5 nitrogen and oxygen atoms in total. The number of carbonyl (C=O) groups excluding carboxylic acids is 2. The number of ether oxygens (including phenoxy) is 1. The first kappa shape index (κ1) is 18.4. The van der Waals surface area contributed by atoms with Crippen LogP contribution in [-0.2, 0) is 11.3 Å².